The lowest BCUT2D eigenvalue weighted by atomic mass is 10.1. The van der Waals surface area contributed by atoms with Gasteiger partial charge in [-0.25, -0.2) is 14.0 Å². The lowest BCUT2D eigenvalue weighted by Crippen LogP contribution is -2.22. The Kier molecular flexibility index (Phi) is 6.02. The van der Waals surface area contributed by atoms with Crippen LogP contribution in [-0.4, -0.2) is 31.3 Å². The molecular weight excluding hydrogens is 347 g/mol. The molecule has 6 nitrogen and oxygen atoms in total. The van der Waals surface area contributed by atoms with Gasteiger partial charge in [0.1, 0.15) is 5.82 Å². The molecule has 2 aromatic rings. The third-order valence-electron chi connectivity index (χ3n) is 3.22. The van der Waals surface area contributed by atoms with E-state index in [0.29, 0.717) is 0 Å². The molecular formula is C17H15FN2O4S. The number of halogens is 1. The fraction of sp³-hybridized carbons (Fsp3) is 0.118. The summed E-state index contributed by atoms with van der Waals surface area (Å²) in [5, 5.41) is 5.49. The number of carbonyl (C=O) groups excluding carboxylic acids is 2. The van der Waals surface area contributed by atoms with Gasteiger partial charge in [-0.1, -0.05) is 12.1 Å². The average Bonchev–Trinajstić information content (AvgIpc) is 2.62. The van der Waals surface area contributed by atoms with Crippen molar-refractivity contribution in [3.63, 3.8) is 0 Å². The molecule has 0 aliphatic carbocycles. The van der Waals surface area contributed by atoms with Gasteiger partial charge < -0.3 is 20.1 Å². The van der Waals surface area contributed by atoms with Crippen LogP contribution >= 0.6 is 12.2 Å². The predicted molar refractivity (Wildman–Crippen MR) is 95.4 cm³/mol. The third kappa shape index (κ3) is 4.51. The number of para-hydroxylation sites is 1. The Labute approximate surface area is 148 Å². The highest BCUT2D eigenvalue weighted by Crippen LogP contribution is 2.21. The van der Waals surface area contributed by atoms with Gasteiger partial charge >= 0.3 is 11.9 Å². The van der Waals surface area contributed by atoms with E-state index < -0.39 is 17.8 Å². The number of hydrogen-bond donors (Lipinski definition) is 2. The maximum absolute atomic E-state index is 13.7. The van der Waals surface area contributed by atoms with Gasteiger partial charge in [0.15, 0.2) is 5.11 Å². The smallest absolute Gasteiger partial charge is 0.339 e. The van der Waals surface area contributed by atoms with Crippen molar-refractivity contribution in [2.45, 2.75) is 0 Å². The van der Waals surface area contributed by atoms with Crippen LogP contribution in [0.25, 0.3) is 0 Å². The van der Waals surface area contributed by atoms with E-state index in [9.17, 15) is 14.0 Å². The van der Waals surface area contributed by atoms with Crippen LogP contribution in [-0.2, 0) is 9.47 Å². The van der Waals surface area contributed by atoms with Crippen LogP contribution < -0.4 is 10.6 Å². The van der Waals surface area contributed by atoms with E-state index in [2.05, 4.69) is 15.4 Å². The van der Waals surface area contributed by atoms with Crippen molar-refractivity contribution in [2.24, 2.45) is 0 Å². The fourth-order valence-corrected chi connectivity index (χ4v) is 2.24. The van der Waals surface area contributed by atoms with Gasteiger partial charge in [0, 0.05) is 0 Å². The number of ether oxygens (including phenoxy) is 2. The quantitative estimate of drug-likeness (QED) is 0.639. The number of benzene rings is 2. The summed E-state index contributed by atoms with van der Waals surface area (Å²) in [6, 6.07) is 10.2. The van der Waals surface area contributed by atoms with Gasteiger partial charge in [-0.2, -0.15) is 0 Å². The monoisotopic (exact) mass is 362 g/mol. The molecule has 0 saturated carbocycles. The minimum atomic E-state index is -0.618. The Hall–Kier alpha value is -3.00. The molecule has 8 heteroatoms. The highest BCUT2D eigenvalue weighted by Gasteiger charge is 2.16. The Morgan fingerprint density at radius 2 is 1.60 bits per heavy atom. The van der Waals surface area contributed by atoms with Crippen molar-refractivity contribution >= 4 is 40.6 Å². The van der Waals surface area contributed by atoms with Gasteiger partial charge in [-0.3, -0.25) is 0 Å². The molecule has 2 rings (SSSR count). The number of nitrogens with one attached hydrogen (secondary N) is 2. The van der Waals surface area contributed by atoms with Crippen molar-refractivity contribution < 1.29 is 23.5 Å². The zero-order valence-corrected chi connectivity index (χ0v) is 14.3. The van der Waals surface area contributed by atoms with E-state index in [0.717, 1.165) is 0 Å². The van der Waals surface area contributed by atoms with E-state index >= 15 is 0 Å². The molecule has 0 saturated heterocycles. The number of anilines is 2. The average molecular weight is 362 g/mol. The number of methoxy groups -OCH3 is 2. The molecule has 2 aromatic carbocycles. The van der Waals surface area contributed by atoms with E-state index in [-0.39, 0.29) is 27.6 Å². The number of esters is 2. The predicted octanol–water partition coefficient (Wildman–Crippen LogP) is 3.21. The topological polar surface area (TPSA) is 76.7 Å². The molecule has 0 unspecified atom stereocenters. The first-order valence-corrected chi connectivity index (χ1v) is 7.50. The first kappa shape index (κ1) is 18.3. The van der Waals surface area contributed by atoms with Crippen molar-refractivity contribution in [1.29, 1.82) is 0 Å². The summed E-state index contributed by atoms with van der Waals surface area (Å²) in [6.07, 6.45) is 0. The molecule has 0 spiro atoms. The highest BCUT2D eigenvalue weighted by atomic mass is 32.1. The molecule has 0 atom stereocenters. The lowest BCUT2D eigenvalue weighted by Gasteiger charge is -2.14. The number of thiocarbonyl (C=S) groups is 1. The van der Waals surface area contributed by atoms with Gasteiger partial charge in [-0.15, -0.1) is 0 Å². The molecule has 0 aliphatic rings. The van der Waals surface area contributed by atoms with Crippen LogP contribution in [0.4, 0.5) is 15.8 Å². The Morgan fingerprint density at radius 3 is 2.24 bits per heavy atom. The standard InChI is InChI=1S/C17H15FN2O4S/c1-23-15(21)10-7-8-11(16(22)24-2)14(9-10)20-17(25)19-13-6-4-3-5-12(13)18/h3-9H,1-2H3,(H2,19,20,25). The maximum Gasteiger partial charge on any atom is 0.339 e. The summed E-state index contributed by atoms with van der Waals surface area (Å²) < 4.78 is 23.0. The minimum absolute atomic E-state index is 0.0391. The Morgan fingerprint density at radius 1 is 0.960 bits per heavy atom. The van der Waals surface area contributed by atoms with E-state index in [1.54, 1.807) is 12.1 Å². The highest BCUT2D eigenvalue weighted by molar-refractivity contribution is 7.80. The summed E-state index contributed by atoms with van der Waals surface area (Å²) in [5.74, 6) is -1.68. The van der Waals surface area contributed by atoms with Crippen LogP contribution in [0.15, 0.2) is 42.5 Å². The molecule has 25 heavy (non-hydrogen) atoms. The fourth-order valence-electron chi connectivity index (χ4n) is 2.02. The second-order valence-corrected chi connectivity index (χ2v) is 5.21. The van der Waals surface area contributed by atoms with Crippen molar-refractivity contribution in [1.82, 2.24) is 0 Å². The normalized spacial score (nSPS) is 9.88. The molecule has 130 valence electrons. The van der Waals surface area contributed by atoms with Crippen LogP contribution in [0.3, 0.4) is 0 Å². The summed E-state index contributed by atoms with van der Waals surface area (Å²) in [6.45, 7) is 0. The number of rotatable bonds is 4. The Balaban J connectivity index is 2.29. The van der Waals surface area contributed by atoms with Gasteiger partial charge in [-0.05, 0) is 42.5 Å². The second-order valence-electron chi connectivity index (χ2n) is 4.80. The maximum atomic E-state index is 13.7. The summed E-state index contributed by atoms with van der Waals surface area (Å²) in [4.78, 5) is 23.6. The largest absolute Gasteiger partial charge is 0.465 e. The first-order valence-electron chi connectivity index (χ1n) is 7.09. The van der Waals surface area contributed by atoms with E-state index in [1.165, 1.54) is 44.6 Å². The van der Waals surface area contributed by atoms with Crippen LogP contribution in [0.5, 0.6) is 0 Å². The van der Waals surface area contributed by atoms with Crippen LogP contribution in [0.1, 0.15) is 20.7 Å². The lowest BCUT2D eigenvalue weighted by molar-refractivity contribution is 0.0587. The Bertz CT molecular complexity index is 826. The zero-order chi connectivity index (χ0) is 18.4. The second kappa shape index (κ2) is 8.20. The first-order chi connectivity index (χ1) is 12.0. The van der Waals surface area contributed by atoms with Crippen LogP contribution in [0.2, 0.25) is 0 Å². The third-order valence-corrected chi connectivity index (χ3v) is 3.42. The van der Waals surface area contributed by atoms with Gasteiger partial charge in [0.05, 0.1) is 36.7 Å². The molecule has 0 bridgehead atoms. The van der Waals surface area contributed by atoms with Gasteiger partial charge in [0.2, 0.25) is 0 Å². The summed E-state index contributed by atoms with van der Waals surface area (Å²) >= 11 is 5.14. The van der Waals surface area contributed by atoms with E-state index in [1.807, 2.05) is 0 Å². The molecule has 0 radical (unpaired) electrons. The SMILES string of the molecule is COC(=O)c1ccc(C(=O)OC)c(NC(=S)Nc2ccccc2F)c1. The molecule has 0 fully saturated rings. The van der Waals surface area contributed by atoms with E-state index in [4.69, 9.17) is 17.0 Å². The molecule has 0 aliphatic heterocycles. The minimum Gasteiger partial charge on any atom is -0.465 e. The zero-order valence-electron chi connectivity index (χ0n) is 13.5. The molecule has 0 aromatic heterocycles. The summed E-state index contributed by atoms with van der Waals surface area (Å²) in [5.41, 5.74) is 0.770. The van der Waals surface area contributed by atoms with Crippen molar-refractivity contribution in [3.05, 3.63) is 59.4 Å². The molecule has 0 amide bonds. The summed E-state index contributed by atoms with van der Waals surface area (Å²) in [7, 11) is 2.48. The van der Waals surface area contributed by atoms with Gasteiger partial charge in [0.25, 0.3) is 0 Å². The molecule has 0 heterocycles. The number of carbonyl (C=O) groups is 2. The van der Waals surface area contributed by atoms with Crippen molar-refractivity contribution in [3.8, 4) is 0 Å². The van der Waals surface area contributed by atoms with Crippen molar-refractivity contribution in [2.75, 3.05) is 24.9 Å². The van der Waals surface area contributed by atoms with Crippen LogP contribution in [0, 0.1) is 5.82 Å². The number of hydrogen-bond acceptors (Lipinski definition) is 5. The molecule has 2 N–H and O–H groups in total.